The molecule has 1 aliphatic carbocycles. The highest BCUT2D eigenvalue weighted by Gasteiger charge is 2.39. The fourth-order valence-corrected chi connectivity index (χ4v) is 3.55. The van der Waals surface area contributed by atoms with Crippen LogP contribution in [-0.4, -0.2) is 39.9 Å². The maximum atomic E-state index is 6.12. The monoisotopic (exact) mass is 545 g/mol. The number of methoxy groups -OCH3 is 3. The Morgan fingerprint density at radius 1 is 1.10 bits per heavy atom. The van der Waals surface area contributed by atoms with Gasteiger partial charge in [-0.15, -0.1) is 24.0 Å². The number of nitrogens with zero attached hydrogens (tertiary/aromatic N) is 1. The van der Waals surface area contributed by atoms with Crippen molar-refractivity contribution in [3.8, 4) is 17.2 Å². The maximum Gasteiger partial charge on any atom is 0.203 e. The van der Waals surface area contributed by atoms with E-state index in [1.807, 2.05) is 30.3 Å². The molecule has 0 aromatic heterocycles. The van der Waals surface area contributed by atoms with Gasteiger partial charge in [-0.25, -0.2) is 4.99 Å². The van der Waals surface area contributed by atoms with Gasteiger partial charge in [-0.2, -0.15) is 0 Å². The molecule has 0 saturated heterocycles. The van der Waals surface area contributed by atoms with Gasteiger partial charge in [0.1, 0.15) is 0 Å². The number of nitrogens with one attached hydrogen (secondary N) is 2. The standard InChI is InChI=1S/C22H28ClN3O3.HI/c1-5-24-22(26-18-12-17(18)15-7-6-8-16(23)11-15)25-13-14-9-19(27-2)21(29-4)20(10-14)28-3;/h6-11,17-18H,5,12-13H2,1-4H3,(H2,24,25,26);1H. The molecule has 8 heteroatoms. The van der Waals surface area contributed by atoms with Gasteiger partial charge in [0.2, 0.25) is 5.75 Å². The van der Waals surface area contributed by atoms with Crippen LogP contribution in [0.2, 0.25) is 5.02 Å². The first-order valence-corrected chi connectivity index (χ1v) is 10.1. The molecule has 3 rings (SSSR count). The Morgan fingerprint density at radius 3 is 2.37 bits per heavy atom. The lowest BCUT2D eigenvalue weighted by atomic mass is 10.1. The zero-order valence-corrected chi connectivity index (χ0v) is 20.8. The van der Waals surface area contributed by atoms with E-state index in [4.69, 9.17) is 30.8 Å². The minimum atomic E-state index is 0. The predicted octanol–water partition coefficient (Wildman–Crippen LogP) is 4.60. The smallest absolute Gasteiger partial charge is 0.203 e. The summed E-state index contributed by atoms with van der Waals surface area (Å²) >= 11 is 6.12. The summed E-state index contributed by atoms with van der Waals surface area (Å²) < 4.78 is 16.2. The number of halogens is 2. The third-order valence-electron chi connectivity index (χ3n) is 4.88. The normalized spacial score (nSPS) is 17.6. The summed E-state index contributed by atoms with van der Waals surface area (Å²) in [5.41, 5.74) is 2.23. The number of guanidine groups is 1. The van der Waals surface area contributed by atoms with E-state index >= 15 is 0 Å². The minimum Gasteiger partial charge on any atom is -0.493 e. The lowest BCUT2D eigenvalue weighted by molar-refractivity contribution is 0.324. The molecule has 2 aromatic rings. The summed E-state index contributed by atoms with van der Waals surface area (Å²) in [5, 5.41) is 7.61. The summed E-state index contributed by atoms with van der Waals surface area (Å²) in [6, 6.07) is 12.2. The van der Waals surface area contributed by atoms with Crippen molar-refractivity contribution in [2.45, 2.75) is 31.8 Å². The van der Waals surface area contributed by atoms with Gasteiger partial charge in [0.05, 0.1) is 27.9 Å². The Morgan fingerprint density at radius 2 is 1.80 bits per heavy atom. The Balaban J connectivity index is 0.00000320. The summed E-state index contributed by atoms with van der Waals surface area (Å²) in [7, 11) is 4.81. The van der Waals surface area contributed by atoms with Gasteiger partial charge in [0, 0.05) is 23.5 Å². The van der Waals surface area contributed by atoms with Crippen molar-refractivity contribution in [1.29, 1.82) is 0 Å². The molecule has 2 aromatic carbocycles. The molecule has 164 valence electrons. The molecule has 0 spiro atoms. The van der Waals surface area contributed by atoms with Crippen LogP contribution in [0.15, 0.2) is 41.4 Å². The van der Waals surface area contributed by atoms with E-state index in [0.717, 1.165) is 29.5 Å². The van der Waals surface area contributed by atoms with Crippen molar-refractivity contribution in [2.75, 3.05) is 27.9 Å². The summed E-state index contributed by atoms with van der Waals surface area (Å²) in [4.78, 5) is 4.73. The molecular weight excluding hydrogens is 517 g/mol. The number of benzene rings is 2. The Bertz CT molecular complexity index is 853. The molecular formula is C22H29ClIN3O3. The molecule has 0 radical (unpaired) electrons. The van der Waals surface area contributed by atoms with Crippen LogP contribution in [0.4, 0.5) is 0 Å². The van der Waals surface area contributed by atoms with E-state index in [1.165, 1.54) is 5.56 Å². The fraction of sp³-hybridized carbons (Fsp3) is 0.409. The Kier molecular flexibility index (Phi) is 9.36. The quantitative estimate of drug-likeness (QED) is 0.289. The molecule has 1 aliphatic rings. The highest BCUT2D eigenvalue weighted by atomic mass is 127. The van der Waals surface area contributed by atoms with Gasteiger partial charge in [-0.1, -0.05) is 23.7 Å². The van der Waals surface area contributed by atoms with Crippen molar-refractivity contribution in [3.05, 3.63) is 52.5 Å². The largest absolute Gasteiger partial charge is 0.493 e. The van der Waals surface area contributed by atoms with Gasteiger partial charge in [-0.05, 0) is 48.7 Å². The van der Waals surface area contributed by atoms with Crippen LogP contribution in [0, 0.1) is 0 Å². The fourth-order valence-electron chi connectivity index (χ4n) is 3.35. The van der Waals surface area contributed by atoms with Crippen LogP contribution in [0.3, 0.4) is 0 Å². The molecule has 1 saturated carbocycles. The molecule has 2 N–H and O–H groups in total. The topological polar surface area (TPSA) is 64.1 Å². The molecule has 0 aliphatic heterocycles. The molecule has 0 heterocycles. The van der Waals surface area contributed by atoms with Gasteiger partial charge >= 0.3 is 0 Å². The highest BCUT2D eigenvalue weighted by molar-refractivity contribution is 14.0. The summed E-state index contributed by atoms with van der Waals surface area (Å²) in [6.07, 6.45) is 1.06. The van der Waals surface area contributed by atoms with Crippen molar-refractivity contribution >= 4 is 41.5 Å². The molecule has 6 nitrogen and oxygen atoms in total. The zero-order chi connectivity index (χ0) is 20.8. The highest BCUT2D eigenvalue weighted by Crippen LogP contribution is 2.41. The Hall–Kier alpha value is -1.87. The minimum absolute atomic E-state index is 0. The number of hydrogen-bond donors (Lipinski definition) is 2. The van der Waals surface area contributed by atoms with Crippen LogP contribution in [0.25, 0.3) is 0 Å². The third kappa shape index (κ3) is 6.07. The van der Waals surface area contributed by atoms with Crippen LogP contribution in [-0.2, 0) is 6.54 Å². The van der Waals surface area contributed by atoms with E-state index in [0.29, 0.717) is 35.8 Å². The molecule has 30 heavy (non-hydrogen) atoms. The molecule has 1 fully saturated rings. The van der Waals surface area contributed by atoms with Gasteiger partial charge in [-0.3, -0.25) is 0 Å². The van der Waals surface area contributed by atoms with Crippen LogP contribution < -0.4 is 24.8 Å². The number of rotatable bonds is 8. The number of ether oxygens (including phenoxy) is 3. The van der Waals surface area contributed by atoms with Gasteiger partial charge in [0.15, 0.2) is 17.5 Å². The van der Waals surface area contributed by atoms with Crippen molar-refractivity contribution in [3.63, 3.8) is 0 Å². The van der Waals surface area contributed by atoms with E-state index in [2.05, 4.69) is 23.6 Å². The van der Waals surface area contributed by atoms with Crippen LogP contribution in [0.5, 0.6) is 17.2 Å². The second kappa shape index (κ2) is 11.5. The average Bonchev–Trinajstić information content (AvgIpc) is 3.50. The first-order valence-electron chi connectivity index (χ1n) is 9.68. The van der Waals surface area contributed by atoms with Crippen molar-refractivity contribution in [2.24, 2.45) is 4.99 Å². The van der Waals surface area contributed by atoms with Crippen LogP contribution in [0.1, 0.15) is 30.4 Å². The summed E-state index contributed by atoms with van der Waals surface area (Å²) in [6.45, 7) is 3.33. The summed E-state index contributed by atoms with van der Waals surface area (Å²) in [5.74, 6) is 3.07. The van der Waals surface area contributed by atoms with E-state index < -0.39 is 0 Å². The number of hydrogen-bond acceptors (Lipinski definition) is 4. The van der Waals surface area contributed by atoms with E-state index in [-0.39, 0.29) is 24.0 Å². The third-order valence-corrected chi connectivity index (χ3v) is 5.11. The first kappa shape index (κ1) is 24.4. The van der Waals surface area contributed by atoms with Gasteiger partial charge < -0.3 is 24.8 Å². The molecule has 0 amide bonds. The Labute approximate surface area is 200 Å². The molecule has 2 unspecified atom stereocenters. The molecule has 0 bridgehead atoms. The second-order valence-corrected chi connectivity index (χ2v) is 7.31. The van der Waals surface area contributed by atoms with E-state index in [9.17, 15) is 0 Å². The molecule has 2 atom stereocenters. The van der Waals surface area contributed by atoms with Crippen molar-refractivity contribution < 1.29 is 14.2 Å². The maximum absolute atomic E-state index is 6.12. The second-order valence-electron chi connectivity index (χ2n) is 6.88. The van der Waals surface area contributed by atoms with Gasteiger partial charge in [0.25, 0.3) is 0 Å². The predicted molar refractivity (Wildman–Crippen MR) is 132 cm³/mol. The first-order chi connectivity index (χ1) is 14.1. The SMILES string of the molecule is CCNC(=NCc1cc(OC)c(OC)c(OC)c1)NC1CC1c1cccc(Cl)c1.I. The average molecular weight is 546 g/mol. The van der Waals surface area contributed by atoms with Crippen LogP contribution >= 0.6 is 35.6 Å². The lowest BCUT2D eigenvalue weighted by Crippen LogP contribution is -2.39. The zero-order valence-electron chi connectivity index (χ0n) is 17.7. The van der Waals surface area contributed by atoms with E-state index in [1.54, 1.807) is 21.3 Å². The number of aliphatic imine (C=N–C) groups is 1. The van der Waals surface area contributed by atoms with Crippen molar-refractivity contribution in [1.82, 2.24) is 10.6 Å². The lowest BCUT2D eigenvalue weighted by Gasteiger charge is -2.14.